The first-order chi connectivity index (χ1) is 10.1. The first-order valence-corrected chi connectivity index (χ1v) is 6.34. The molecular weight excluding hydrogens is 280 g/mol. The van der Waals surface area contributed by atoms with Crippen molar-refractivity contribution in [1.29, 1.82) is 0 Å². The van der Waals surface area contributed by atoms with E-state index in [1.54, 1.807) is 14.0 Å². The number of ether oxygens (including phenoxy) is 3. The van der Waals surface area contributed by atoms with Gasteiger partial charge in [0.25, 0.3) is 0 Å². The molecule has 0 bridgehead atoms. The van der Waals surface area contributed by atoms with Crippen molar-refractivity contribution >= 4 is 11.9 Å². The minimum atomic E-state index is -0.641. The average molecular weight is 300 g/mol. The van der Waals surface area contributed by atoms with Gasteiger partial charge in [0.2, 0.25) is 5.91 Å². The molecule has 1 unspecified atom stereocenters. The molecule has 1 aromatic heterocycles. The summed E-state index contributed by atoms with van der Waals surface area (Å²) >= 11 is 0. The molecule has 0 fully saturated rings. The van der Waals surface area contributed by atoms with Crippen molar-refractivity contribution in [2.75, 3.05) is 34.5 Å². The lowest BCUT2D eigenvalue weighted by Gasteiger charge is -2.14. The van der Waals surface area contributed by atoms with Gasteiger partial charge >= 0.3 is 5.97 Å². The Morgan fingerprint density at radius 3 is 2.57 bits per heavy atom. The number of methoxy groups -OCH3 is 3. The lowest BCUT2D eigenvalue weighted by molar-refractivity contribution is -0.124. The molecule has 9 heteroatoms. The number of nitrogens with one attached hydrogen (secondary N) is 1. The van der Waals surface area contributed by atoms with E-state index in [0.29, 0.717) is 18.8 Å². The summed E-state index contributed by atoms with van der Waals surface area (Å²) in [5.41, 5.74) is 0.426. The van der Waals surface area contributed by atoms with Gasteiger partial charge in [0, 0.05) is 20.8 Å². The van der Waals surface area contributed by atoms with E-state index in [4.69, 9.17) is 9.47 Å². The van der Waals surface area contributed by atoms with Crippen molar-refractivity contribution in [2.45, 2.75) is 19.6 Å². The molecule has 1 rings (SSSR count). The first-order valence-electron chi connectivity index (χ1n) is 6.34. The highest BCUT2D eigenvalue weighted by atomic mass is 16.5. The normalized spacial score (nSPS) is 12.0. The SMILES string of the molecule is COCCNC(=O)C(C)n1nnc(C(=O)OC)c1COC. The molecule has 118 valence electrons. The van der Waals surface area contributed by atoms with Gasteiger partial charge < -0.3 is 19.5 Å². The Morgan fingerprint density at radius 1 is 1.29 bits per heavy atom. The van der Waals surface area contributed by atoms with Crippen LogP contribution in [0.2, 0.25) is 0 Å². The maximum absolute atomic E-state index is 12.0. The largest absolute Gasteiger partial charge is 0.464 e. The molecule has 21 heavy (non-hydrogen) atoms. The van der Waals surface area contributed by atoms with Gasteiger partial charge in [-0.2, -0.15) is 0 Å². The van der Waals surface area contributed by atoms with E-state index in [9.17, 15) is 9.59 Å². The number of hydrogen-bond acceptors (Lipinski definition) is 7. The molecule has 0 radical (unpaired) electrons. The van der Waals surface area contributed by atoms with E-state index in [1.807, 2.05) is 0 Å². The third kappa shape index (κ3) is 4.23. The predicted molar refractivity (Wildman–Crippen MR) is 71.7 cm³/mol. The number of rotatable bonds is 8. The maximum Gasteiger partial charge on any atom is 0.360 e. The van der Waals surface area contributed by atoms with Gasteiger partial charge in [-0.3, -0.25) is 4.79 Å². The van der Waals surface area contributed by atoms with E-state index < -0.39 is 12.0 Å². The van der Waals surface area contributed by atoms with Crippen LogP contribution < -0.4 is 5.32 Å². The van der Waals surface area contributed by atoms with Crippen LogP contribution in [-0.2, 0) is 25.6 Å². The maximum atomic E-state index is 12.0. The molecule has 9 nitrogen and oxygen atoms in total. The zero-order valence-corrected chi connectivity index (χ0v) is 12.6. The predicted octanol–water partition coefficient (Wildman–Crippen LogP) is -0.465. The van der Waals surface area contributed by atoms with Crippen LogP contribution in [0.1, 0.15) is 29.1 Å². The number of carbonyl (C=O) groups is 2. The summed E-state index contributed by atoms with van der Waals surface area (Å²) in [6, 6.07) is -0.641. The van der Waals surface area contributed by atoms with E-state index in [-0.39, 0.29) is 18.2 Å². The molecule has 1 heterocycles. The van der Waals surface area contributed by atoms with E-state index in [1.165, 1.54) is 18.9 Å². The Morgan fingerprint density at radius 2 is 2.00 bits per heavy atom. The van der Waals surface area contributed by atoms with Crippen LogP contribution in [0.5, 0.6) is 0 Å². The fraction of sp³-hybridized carbons (Fsp3) is 0.667. The lowest BCUT2D eigenvalue weighted by Crippen LogP contribution is -2.34. The van der Waals surface area contributed by atoms with Crippen LogP contribution in [0, 0.1) is 0 Å². The second kappa shape index (κ2) is 8.32. The van der Waals surface area contributed by atoms with Crippen molar-refractivity contribution < 1.29 is 23.8 Å². The Balaban J connectivity index is 2.92. The summed E-state index contributed by atoms with van der Waals surface area (Å²) in [7, 11) is 4.27. The van der Waals surface area contributed by atoms with E-state index in [2.05, 4.69) is 20.4 Å². The fourth-order valence-corrected chi connectivity index (χ4v) is 1.69. The van der Waals surface area contributed by atoms with Crippen LogP contribution in [0.25, 0.3) is 0 Å². The molecule has 0 spiro atoms. The third-order valence-corrected chi connectivity index (χ3v) is 2.80. The number of carbonyl (C=O) groups excluding carboxylic acids is 2. The van der Waals surface area contributed by atoms with Crippen molar-refractivity contribution in [1.82, 2.24) is 20.3 Å². The van der Waals surface area contributed by atoms with Crippen molar-refractivity contribution in [3.8, 4) is 0 Å². The average Bonchev–Trinajstić information content (AvgIpc) is 2.90. The summed E-state index contributed by atoms with van der Waals surface area (Å²) in [6.45, 7) is 2.54. The molecule has 1 aromatic rings. The van der Waals surface area contributed by atoms with E-state index >= 15 is 0 Å². The van der Waals surface area contributed by atoms with Gasteiger partial charge in [0.05, 0.1) is 20.3 Å². The number of hydrogen-bond donors (Lipinski definition) is 1. The zero-order valence-electron chi connectivity index (χ0n) is 12.6. The molecule has 0 aliphatic rings. The monoisotopic (exact) mass is 300 g/mol. The molecule has 1 atom stereocenters. The summed E-state index contributed by atoms with van der Waals surface area (Å²) in [6.07, 6.45) is 0. The zero-order chi connectivity index (χ0) is 15.8. The highest BCUT2D eigenvalue weighted by molar-refractivity contribution is 5.88. The highest BCUT2D eigenvalue weighted by Crippen LogP contribution is 2.14. The highest BCUT2D eigenvalue weighted by Gasteiger charge is 2.25. The Kier molecular flexibility index (Phi) is 6.76. The van der Waals surface area contributed by atoms with Gasteiger partial charge in [-0.1, -0.05) is 5.21 Å². The van der Waals surface area contributed by atoms with Crippen LogP contribution in [0.15, 0.2) is 0 Å². The van der Waals surface area contributed by atoms with Crippen molar-refractivity contribution in [3.63, 3.8) is 0 Å². The van der Waals surface area contributed by atoms with Crippen LogP contribution >= 0.6 is 0 Å². The van der Waals surface area contributed by atoms with Gasteiger partial charge in [0.15, 0.2) is 5.69 Å². The summed E-state index contributed by atoms with van der Waals surface area (Å²) in [5, 5.41) is 10.3. The standard InChI is InChI=1S/C12H20N4O5/c1-8(11(17)13-5-6-19-2)16-9(7-20-3)10(14-15-16)12(18)21-4/h8H,5-7H2,1-4H3,(H,13,17). The minimum absolute atomic E-state index is 0.0379. The molecular formula is C12H20N4O5. The summed E-state index contributed by atoms with van der Waals surface area (Å²) in [5.74, 6) is -0.883. The quantitative estimate of drug-likeness (QED) is 0.511. The molecule has 1 N–H and O–H groups in total. The molecule has 1 amide bonds. The Hall–Kier alpha value is -2.00. The van der Waals surface area contributed by atoms with Crippen LogP contribution in [0.4, 0.5) is 0 Å². The van der Waals surface area contributed by atoms with Crippen molar-refractivity contribution in [2.24, 2.45) is 0 Å². The summed E-state index contributed by atoms with van der Waals surface area (Å²) < 4.78 is 15.9. The summed E-state index contributed by atoms with van der Waals surface area (Å²) in [4.78, 5) is 23.6. The number of nitrogens with zero attached hydrogens (tertiary/aromatic N) is 3. The van der Waals surface area contributed by atoms with Gasteiger partial charge in [-0.15, -0.1) is 5.10 Å². The van der Waals surface area contributed by atoms with Gasteiger partial charge in [0.1, 0.15) is 11.7 Å². The van der Waals surface area contributed by atoms with Gasteiger partial charge in [-0.05, 0) is 6.92 Å². The van der Waals surface area contributed by atoms with Crippen LogP contribution in [0.3, 0.4) is 0 Å². The third-order valence-electron chi connectivity index (χ3n) is 2.80. The fourth-order valence-electron chi connectivity index (χ4n) is 1.69. The van der Waals surface area contributed by atoms with Crippen LogP contribution in [-0.4, -0.2) is 61.4 Å². The second-order valence-electron chi connectivity index (χ2n) is 4.21. The number of aromatic nitrogens is 3. The minimum Gasteiger partial charge on any atom is -0.464 e. The number of amides is 1. The Labute approximate surface area is 122 Å². The molecule has 0 saturated heterocycles. The smallest absolute Gasteiger partial charge is 0.360 e. The lowest BCUT2D eigenvalue weighted by atomic mass is 10.2. The molecule has 0 aliphatic heterocycles. The molecule has 0 aliphatic carbocycles. The van der Waals surface area contributed by atoms with Crippen molar-refractivity contribution in [3.05, 3.63) is 11.4 Å². The topological polar surface area (TPSA) is 105 Å². The van der Waals surface area contributed by atoms with E-state index in [0.717, 1.165) is 0 Å². The second-order valence-corrected chi connectivity index (χ2v) is 4.21. The number of esters is 1. The molecule has 0 saturated carbocycles. The molecule has 0 aromatic carbocycles. The first kappa shape index (κ1) is 17.1. The van der Waals surface area contributed by atoms with Gasteiger partial charge in [-0.25, -0.2) is 9.48 Å². The Bertz CT molecular complexity index is 488.